The molecule has 9 nitrogen and oxygen atoms in total. The van der Waals surface area contributed by atoms with Crippen molar-refractivity contribution in [2.24, 2.45) is 5.92 Å². The molecule has 3 aromatic rings. The van der Waals surface area contributed by atoms with E-state index in [0.29, 0.717) is 12.2 Å². The molecular weight excluding hydrogens is 516 g/mol. The fourth-order valence-corrected chi connectivity index (χ4v) is 4.93. The van der Waals surface area contributed by atoms with Crippen LogP contribution in [0.4, 0.5) is 0 Å². The number of carbonyl (C=O) groups is 4. The maximum Gasteiger partial charge on any atom is 0.326 e. The van der Waals surface area contributed by atoms with Gasteiger partial charge in [0.25, 0.3) is 0 Å². The van der Waals surface area contributed by atoms with Crippen LogP contribution in [-0.4, -0.2) is 63.9 Å². The van der Waals surface area contributed by atoms with Crippen LogP contribution < -0.4 is 16.0 Å². The molecule has 1 aromatic heterocycles. The van der Waals surface area contributed by atoms with Crippen LogP contribution in [0.25, 0.3) is 22.0 Å². The number of H-pyrrole nitrogens is 1. The first-order chi connectivity index (χ1) is 18.6. The second-order valence-electron chi connectivity index (χ2n) is 9.78. The zero-order valence-corrected chi connectivity index (χ0v) is 23.4. The van der Waals surface area contributed by atoms with Gasteiger partial charge in [-0.1, -0.05) is 62.4 Å². The summed E-state index contributed by atoms with van der Waals surface area (Å²) < 4.78 is 0. The number of aromatic amines is 1. The van der Waals surface area contributed by atoms with Gasteiger partial charge in [-0.25, -0.2) is 4.79 Å². The molecule has 0 unspecified atom stereocenters. The van der Waals surface area contributed by atoms with Gasteiger partial charge in [-0.2, -0.15) is 11.8 Å². The van der Waals surface area contributed by atoms with Crippen LogP contribution in [0, 0.1) is 5.92 Å². The normalized spacial score (nSPS) is 13.5. The van der Waals surface area contributed by atoms with Crippen molar-refractivity contribution in [2.75, 3.05) is 12.0 Å². The number of carboxylic acids is 1. The molecule has 1 heterocycles. The summed E-state index contributed by atoms with van der Waals surface area (Å²) in [4.78, 5) is 53.2. The molecule has 0 aliphatic rings. The van der Waals surface area contributed by atoms with Gasteiger partial charge in [0.05, 0.1) is 5.52 Å². The summed E-state index contributed by atoms with van der Waals surface area (Å²) in [7, 11) is 0. The number of thioether (sulfide) groups is 1. The fourth-order valence-electron chi connectivity index (χ4n) is 4.46. The number of aliphatic carboxylic acids is 1. The van der Waals surface area contributed by atoms with Gasteiger partial charge < -0.3 is 26.0 Å². The van der Waals surface area contributed by atoms with Gasteiger partial charge in [0.2, 0.25) is 17.7 Å². The van der Waals surface area contributed by atoms with Crippen LogP contribution in [0.3, 0.4) is 0 Å². The zero-order valence-electron chi connectivity index (χ0n) is 22.6. The summed E-state index contributed by atoms with van der Waals surface area (Å²) in [5.41, 5.74) is 3.66. The highest BCUT2D eigenvalue weighted by molar-refractivity contribution is 7.98. The van der Waals surface area contributed by atoms with Crippen molar-refractivity contribution in [3.8, 4) is 11.1 Å². The highest BCUT2D eigenvalue weighted by Gasteiger charge is 2.31. The van der Waals surface area contributed by atoms with Crippen molar-refractivity contribution >= 4 is 46.4 Å². The van der Waals surface area contributed by atoms with E-state index < -0.39 is 35.9 Å². The summed E-state index contributed by atoms with van der Waals surface area (Å²) in [6, 6.07) is 12.7. The number of carboxylic acid groups (broad SMARTS) is 1. The predicted octanol–water partition coefficient (Wildman–Crippen LogP) is 3.35. The second-order valence-corrected chi connectivity index (χ2v) is 10.8. The van der Waals surface area contributed by atoms with Crippen molar-refractivity contribution in [2.45, 2.75) is 51.7 Å². The van der Waals surface area contributed by atoms with Crippen molar-refractivity contribution in [3.63, 3.8) is 0 Å². The Kier molecular flexibility index (Phi) is 10.6. The first-order valence-corrected chi connectivity index (χ1v) is 14.3. The molecule has 3 amide bonds. The molecule has 208 valence electrons. The minimum Gasteiger partial charge on any atom is -0.480 e. The van der Waals surface area contributed by atoms with Crippen LogP contribution in [0.1, 0.15) is 32.8 Å². The largest absolute Gasteiger partial charge is 0.480 e. The topological polar surface area (TPSA) is 140 Å². The van der Waals surface area contributed by atoms with E-state index in [2.05, 4.69) is 20.9 Å². The van der Waals surface area contributed by atoms with E-state index in [9.17, 15) is 24.3 Å². The Morgan fingerprint density at radius 1 is 0.923 bits per heavy atom. The Morgan fingerprint density at radius 2 is 1.64 bits per heavy atom. The third-order valence-corrected chi connectivity index (χ3v) is 7.12. The van der Waals surface area contributed by atoms with Crippen LogP contribution in [0.15, 0.2) is 54.7 Å². The van der Waals surface area contributed by atoms with E-state index in [4.69, 9.17) is 0 Å². The van der Waals surface area contributed by atoms with Crippen LogP contribution in [0.2, 0.25) is 0 Å². The summed E-state index contributed by atoms with van der Waals surface area (Å²) >= 11 is 1.54. The lowest BCUT2D eigenvalue weighted by Gasteiger charge is -2.26. The Balaban J connectivity index is 1.78. The number of hydrogen-bond acceptors (Lipinski definition) is 5. The number of hydrogen-bond donors (Lipinski definition) is 5. The van der Waals surface area contributed by atoms with Crippen LogP contribution in [-0.2, 0) is 25.6 Å². The van der Waals surface area contributed by atoms with Gasteiger partial charge in [-0.15, -0.1) is 0 Å². The lowest BCUT2D eigenvalue weighted by Crippen LogP contribution is -2.57. The standard InChI is InChI=1S/C29H36N4O5S/c1-17(2)25(33-27(35)23(13-14-39-4)31-18(3)34)28(36)32-24(29(37)38)15-20-16-30-26-21(11-8-12-22(20)26)19-9-6-5-7-10-19/h5-12,16-17,23-25,30H,13-15H2,1-4H3,(H,31,34)(H,32,36)(H,33,35)(H,37,38)/t23-,24-,25-/m0/s1. The van der Waals surface area contributed by atoms with Crippen LogP contribution >= 0.6 is 11.8 Å². The van der Waals surface area contributed by atoms with Gasteiger partial charge in [-0.3, -0.25) is 14.4 Å². The number of nitrogens with one attached hydrogen (secondary N) is 4. The molecule has 0 saturated heterocycles. The first kappa shape index (κ1) is 29.8. The molecule has 0 fully saturated rings. The molecular formula is C29H36N4O5S. The Labute approximate surface area is 232 Å². The molecule has 0 aliphatic heterocycles. The minimum absolute atomic E-state index is 0.0559. The third kappa shape index (κ3) is 7.86. The van der Waals surface area contributed by atoms with E-state index in [-0.39, 0.29) is 18.2 Å². The van der Waals surface area contributed by atoms with E-state index in [0.717, 1.165) is 27.6 Å². The number of para-hydroxylation sites is 1. The average molecular weight is 553 g/mol. The van der Waals surface area contributed by atoms with Crippen molar-refractivity contribution in [1.29, 1.82) is 0 Å². The Hall–Kier alpha value is -3.79. The molecule has 39 heavy (non-hydrogen) atoms. The van der Waals surface area contributed by atoms with E-state index in [1.165, 1.54) is 6.92 Å². The summed E-state index contributed by atoms with van der Waals surface area (Å²) in [5.74, 6) is -2.27. The van der Waals surface area contributed by atoms with E-state index in [1.54, 1.807) is 31.8 Å². The molecule has 0 bridgehead atoms. The molecule has 0 radical (unpaired) electrons. The minimum atomic E-state index is -1.21. The van der Waals surface area contributed by atoms with Crippen molar-refractivity contribution in [3.05, 3.63) is 60.3 Å². The van der Waals surface area contributed by atoms with Gasteiger partial charge in [0.1, 0.15) is 18.1 Å². The highest BCUT2D eigenvalue weighted by Crippen LogP contribution is 2.30. The van der Waals surface area contributed by atoms with Gasteiger partial charge >= 0.3 is 5.97 Å². The number of amides is 3. The zero-order chi connectivity index (χ0) is 28.5. The summed E-state index contributed by atoms with van der Waals surface area (Å²) in [6.07, 6.45) is 4.13. The lowest BCUT2D eigenvalue weighted by atomic mass is 9.98. The monoisotopic (exact) mass is 552 g/mol. The number of fused-ring (bicyclic) bond motifs is 1. The predicted molar refractivity (Wildman–Crippen MR) is 154 cm³/mol. The fraction of sp³-hybridized carbons (Fsp3) is 0.379. The lowest BCUT2D eigenvalue weighted by molar-refractivity contribution is -0.142. The highest BCUT2D eigenvalue weighted by atomic mass is 32.2. The van der Waals surface area contributed by atoms with E-state index in [1.807, 2.05) is 54.8 Å². The first-order valence-electron chi connectivity index (χ1n) is 12.9. The maximum atomic E-state index is 13.2. The molecule has 3 atom stereocenters. The Morgan fingerprint density at radius 3 is 2.26 bits per heavy atom. The van der Waals surface area contributed by atoms with Gasteiger partial charge in [-0.05, 0) is 35.5 Å². The molecule has 5 N–H and O–H groups in total. The SMILES string of the molecule is CSCC[C@H](NC(C)=O)C(=O)N[C@H](C(=O)N[C@@H](Cc1c[nH]c2c(-c3ccccc3)cccc12)C(=O)O)C(C)C. The van der Waals surface area contributed by atoms with Crippen molar-refractivity contribution < 1.29 is 24.3 Å². The molecule has 0 saturated carbocycles. The summed E-state index contributed by atoms with van der Waals surface area (Å²) in [5, 5.41) is 18.8. The number of carbonyl (C=O) groups excluding carboxylic acids is 3. The molecule has 0 spiro atoms. The molecule has 0 aliphatic carbocycles. The number of benzene rings is 2. The summed E-state index contributed by atoms with van der Waals surface area (Å²) in [6.45, 7) is 4.86. The molecule has 3 rings (SSSR count). The smallest absolute Gasteiger partial charge is 0.326 e. The van der Waals surface area contributed by atoms with E-state index >= 15 is 0 Å². The van der Waals surface area contributed by atoms with Gasteiger partial charge in [0.15, 0.2) is 0 Å². The second kappa shape index (κ2) is 13.8. The average Bonchev–Trinajstić information content (AvgIpc) is 3.31. The molecule has 2 aromatic carbocycles. The third-order valence-electron chi connectivity index (χ3n) is 6.48. The van der Waals surface area contributed by atoms with Crippen LogP contribution in [0.5, 0.6) is 0 Å². The Bertz CT molecular complexity index is 1310. The number of rotatable bonds is 13. The molecule has 10 heteroatoms. The van der Waals surface area contributed by atoms with Crippen molar-refractivity contribution in [1.82, 2.24) is 20.9 Å². The quantitative estimate of drug-likeness (QED) is 0.220. The van der Waals surface area contributed by atoms with Gasteiger partial charge in [0, 0.05) is 30.5 Å². The number of aromatic nitrogens is 1. The maximum absolute atomic E-state index is 13.2.